The minimum absolute atomic E-state index is 0.158. The smallest absolute Gasteiger partial charge is 0.335 e. The zero-order valence-electron chi connectivity index (χ0n) is 22.5. The summed E-state index contributed by atoms with van der Waals surface area (Å²) in [4.78, 5) is 39.7. The first-order valence-electron chi connectivity index (χ1n) is 12.9. The minimum atomic E-state index is -0.784. The van der Waals surface area contributed by atoms with Gasteiger partial charge in [0.25, 0.3) is 11.8 Å². The third kappa shape index (κ3) is 6.26. The summed E-state index contributed by atoms with van der Waals surface area (Å²) in [7, 11) is 0. The standard InChI is InChI=1S/C32H32N2O5/c1-5-9-25-17-24(19-28(38-7-3)29(25)39-20-23-11-8-10-21(4)16-23)18-27-30(35)33-32(37)34(31(27)36)26-14-12-22(6-2)13-15-26/h5,8,10-19H,1,6-7,9,20H2,2-4H3,(H,33,35,37)/b27-18-. The van der Waals surface area contributed by atoms with Gasteiger partial charge in [-0.1, -0.05) is 55.0 Å². The average molecular weight is 525 g/mol. The fourth-order valence-electron chi connectivity index (χ4n) is 4.40. The molecule has 0 unspecified atom stereocenters. The SMILES string of the molecule is C=CCc1cc(/C=C2/C(=O)NC(=O)N(c3ccc(CC)cc3)C2=O)cc(OCC)c1OCc1cccc(C)c1. The van der Waals surface area contributed by atoms with Crippen molar-refractivity contribution >= 4 is 29.6 Å². The van der Waals surface area contributed by atoms with E-state index in [1.807, 2.05) is 57.2 Å². The van der Waals surface area contributed by atoms with Gasteiger partial charge >= 0.3 is 6.03 Å². The number of aryl methyl sites for hydroxylation is 2. The molecule has 3 aromatic rings. The summed E-state index contributed by atoms with van der Waals surface area (Å²) in [5, 5.41) is 2.28. The van der Waals surface area contributed by atoms with Gasteiger partial charge in [-0.15, -0.1) is 6.58 Å². The van der Waals surface area contributed by atoms with Crippen LogP contribution in [0.1, 0.15) is 41.7 Å². The lowest BCUT2D eigenvalue weighted by molar-refractivity contribution is -0.122. The number of carbonyl (C=O) groups is 3. The van der Waals surface area contributed by atoms with Gasteiger partial charge < -0.3 is 9.47 Å². The maximum Gasteiger partial charge on any atom is 0.335 e. The van der Waals surface area contributed by atoms with Crippen LogP contribution >= 0.6 is 0 Å². The summed E-state index contributed by atoms with van der Waals surface area (Å²) in [5.74, 6) is -0.388. The molecule has 1 aliphatic heterocycles. The summed E-state index contributed by atoms with van der Waals surface area (Å²) in [6.45, 7) is 10.5. The molecule has 0 aromatic heterocycles. The lowest BCUT2D eigenvalue weighted by atomic mass is 10.0. The van der Waals surface area contributed by atoms with Crippen LogP contribution in [0.5, 0.6) is 11.5 Å². The largest absolute Gasteiger partial charge is 0.490 e. The lowest BCUT2D eigenvalue weighted by Crippen LogP contribution is -2.54. The molecule has 4 rings (SSSR count). The highest BCUT2D eigenvalue weighted by Crippen LogP contribution is 2.36. The molecule has 1 aliphatic rings. The van der Waals surface area contributed by atoms with Crippen LogP contribution in [0.3, 0.4) is 0 Å². The molecule has 0 saturated carbocycles. The second-order valence-corrected chi connectivity index (χ2v) is 9.19. The van der Waals surface area contributed by atoms with Crippen molar-refractivity contribution in [2.24, 2.45) is 0 Å². The molecule has 39 heavy (non-hydrogen) atoms. The van der Waals surface area contributed by atoms with Gasteiger partial charge in [0.1, 0.15) is 12.2 Å². The minimum Gasteiger partial charge on any atom is -0.490 e. The molecule has 0 spiro atoms. The Balaban J connectivity index is 1.71. The van der Waals surface area contributed by atoms with Crippen molar-refractivity contribution in [3.63, 3.8) is 0 Å². The molecule has 0 aliphatic carbocycles. The Hall–Kier alpha value is -4.65. The molecule has 1 heterocycles. The molecule has 1 saturated heterocycles. The molecular formula is C32H32N2O5. The van der Waals surface area contributed by atoms with Gasteiger partial charge in [0, 0.05) is 5.56 Å². The van der Waals surface area contributed by atoms with Crippen LogP contribution in [0, 0.1) is 6.92 Å². The van der Waals surface area contributed by atoms with Gasteiger partial charge in [-0.2, -0.15) is 0 Å². The second kappa shape index (κ2) is 12.3. The molecule has 7 heteroatoms. The second-order valence-electron chi connectivity index (χ2n) is 9.19. The molecule has 4 amide bonds. The molecule has 1 fully saturated rings. The number of rotatable bonds is 10. The normalized spacial score (nSPS) is 14.4. The van der Waals surface area contributed by atoms with Gasteiger partial charge in [0.15, 0.2) is 11.5 Å². The third-order valence-electron chi connectivity index (χ3n) is 6.30. The van der Waals surface area contributed by atoms with Gasteiger partial charge in [0.2, 0.25) is 0 Å². The summed E-state index contributed by atoms with van der Waals surface area (Å²) >= 11 is 0. The fraction of sp³-hybridized carbons (Fsp3) is 0.219. The van der Waals surface area contributed by atoms with Crippen LogP contribution in [0.2, 0.25) is 0 Å². The van der Waals surface area contributed by atoms with E-state index in [1.54, 1.807) is 24.3 Å². The number of anilines is 1. The molecule has 0 atom stereocenters. The van der Waals surface area contributed by atoms with Crippen LogP contribution in [0.15, 0.2) is 78.9 Å². The maximum absolute atomic E-state index is 13.4. The number of allylic oxidation sites excluding steroid dienone is 1. The first-order valence-corrected chi connectivity index (χ1v) is 12.9. The van der Waals surface area contributed by atoms with E-state index >= 15 is 0 Å². The molecular weight excluding hydrogens is 492 g/mol. The highest BCUT2D eigenvalue weighted by molar-refractivity contribution is 6.39. The van der Waals surface area contributed by atoms with Crippen molar-refractivity contribution in [3.8, 4) is 11.5 Å². The highest BCUT2D eigenvalue weighted by atomic mass is 16.5. The first kappa shape index (κ1) is 27.4. The lowest BCUT2D eigenvalue weighted by Gasteiger charge is -2.26. The van der Waals surface area contributed by atoms with E-state index in [2.05, 4.69) is 18.0 Å². The maximum atomic E-state index is 13.4. The molecule has 0 radical (unpaired) electrons. The van der Waals surface area contributed by atoms with E-state index in [0.717, 1.165) is 33.6 Å². The Morgan fingerprint density at radius 3 is 2.38 bits per heavy atom. The highest BCUT2D eigenvalue weighted by Gasteiger charge is 2.36. The Kier molecular flexibility index (Phi) is 8.61. The first-order chi connectivity index (χ1) is 18.8. The number of hydrogen-bond donors (Lipinski definition) is 1. The van der Waals surface area contributed by atoms with Crippen molar-refractivity contribution in [2.75, 3.05) is 11.5 Å². The summed E-state index contributed by atoms with van der Waals surface area (Å²) < 4.78 is 12.1. The zero-order chi connectivity index (χ0) is 27.9. The van der Waals surface area contributed by atoms with E-state index < -0.39 is 17.8 Å². The van der Waals surface area contributed by atoms with Crippen LogP contribution in [0.4, 0.5) is 10.5 Å². The van der Waals surface area contributed by atoms with Crippen LogP contribution in [-0.2, 0) is 29.0 Å². The summed E-state index contributed by atoms with van der Waals surface area (Å²) in [6, 6.07) is 17.9. The van der Waals surface area contributed by atoms with Gasteiger partial charge in [-0.3, -0.25) is 14.9 Å². The number of amides is 4. The Morgan fingerprint density at radius 2 is 1.72 bits per heavy atom. The molecule has 7 nitrogen and oxygen atoms in total. The topological polar surface area (TPSA) is 84.9 Å². The number of urea groups is 1. The monoisotopic (exact) mass is 524 g/mol. The number of imide groups is 2. The zero-order valence-corrected chi connectivity index (χ0v) is 22.5. The van der Waals surface area contributed by atoms with Crippen molar-refractivity contribution < 1.29 is 23.9 Å². The molecule has 200 valence electrons. The number of benzene rings is 3. The summed E-state index contributed by atoms with van der Waals surface area (Å²) in [5.41, 5.74) is 4.81. The average Bonchev–Trinajstić information content (AvgIpc) is 2.91. The Labute approximate surface area is 228 Å². The van der Waals surface area contributed by atoms with E-state index in [0.29, 0.717) is 42.4 Å². The quantitative estimate of drug-likeness (QED) is 0.202. The van der Waals surface area contributed by atoms with E-state index in [1.165, 1.54) is 6.08 Å². The van der Waals surface area contributed by atoms with E-state index in [4.69, 9.17) is 9.47 Å². The molecule has 3 aromatic carbocycles. The Bertz CT molecular complexity index is 1440. The predicted octanol–water partition coefficient (Wildman–Crippen LogP) is 5.93. The van der Waals surface area contributed by atoms with Crippen LogP contribution in [0.25, 0.3) is 6.08 Å². The van der Waals surface area contributed by atoms with Crippen molar-refractivity contribution in [2.45, 2.75) is 40.2 Å². The van der Waals surface area contributed by atoms with Gasteiger partial charge in [0.05, 0.1) is 12.3 Å². The fourth-order valence-corrected chi connectivity index (χ4v) is 4.40. The number of nitrogens with zero attached hydrogens (tertiary/aromatic N) is 1. The van der Waals surface area contributed by atoms with Gasteiger partial charge in [-0.05, 0) is 73.7 Å². The van der Waals surface area contributed by atoms with Gasteiger partial charge in [-0.25, -0.2) is 9.69 Å². The van der Waals surface area contributed by atoms with Crippen LogP contribution < -0.4 is 19.7 Å². The number of hydrogen-bond acceptors (Lipinski definition) is 5. The molecule has 1 N–H and O–H groups in total. The van der Waals surface area contributed by atoms with Crippen molar-refractivity contribution in [1.82, 2.24) is 5.32 Å². The summed E-state index contributed by atoms with van der Waals surface area (Å²) in [6.07, 6.45) is 4.52. The van der Waals surface area contributed by atoms with Crippen molar-refractivity contribution in [1.29, 1.82) is 0 Å². The van der Waals surface area contributed by atoms with Crippen molar-refractivity contribution in [3.05, 3.63) is 107 Å². The molecule has 0 bridgehead atoms. The Morgan fingerprint density at radius 1 is 0.949 bits per heavy atom. The number of carbonyl (C=O) groups excluding carboxylic acids is 3. The number of ether oxygens (including phenoxy) is 2. The van der Waals surface area contributed by atoms with Crippen LogP contribution in [-0.4, -0.2) is 24.5 Å². The predicted molar refractivity (Wildman–Crippen MR) is 152 cm³/mol. The number of barbiturate groups is 1. The van der Waals surface area contributed by atoms with E-state index in [-0.39, 0.29) is 5.57 Å². The number of nitrogens with one attached hydrogen (secondary N) is 1. The third-order valence-corrected chi connectivity index (χ3v) is 6.30. The van der Waals surface area contributed by atoms with E-state index in [9.17, 15) is 14.4 Å².